The average Bonchev–Trinajstić information content (AvgIpc) is 2.73. The number of hydrogen-bond donors (Lipinski definition) is 0. The van der Waals surface area contributed by atoms with Crippen LogP contribution in [0, 0.1) is 0 Å². The third-order valence-electron chi connectivity index (χ3n) is 3.99. The molecule has 28 heavy (non-hydrogen) atoms. The largest absolute Gasteiger partial charge is 0.497 e. The lowest BCUT2D eigenvalue weighted by Crippen LogP contribution is -2.09. The lowest BCUT2D eigenvalue weighted by atomic mass is 10.1. The van der Waals surface area contributed by atoms with Crippen LogP contribution in [0.4, 0.5) is 0 Å². The molecule has 3 aromatic carbocycles. The molecule has 0 aliphatic rings. The number of ether oxygens (including phenoxy) is 2. The van der Waals surface area contributed by atoms with Gasteiger partial charge in [0.15, 0.2) is 5.78 Å². The van der Waals surface area contributed by atoms with Crippen molar-refractivity contribution in [2.24, 2.45) is 0 Å². The van der Waals surface area contributed by atoms with Crippen LogP contribution in [-0.4, -0.2) is 18.9 Å². The zero-order valence-electron chi connectivity index (χ0n) is 15.1. The molecule has 0 atom stereocenters. The first-order valence-corrected chi connectivity index (χ1v) is 8.88. The van der Waals surface area contributed by atoms with Gasteiger partial charge in [-0.3, -0.25) is 4.79 Å². The van der Waals surface area contributed by atoms with Crippen LogP contribution in [0.1, 0.15) is 26.3 Å². The number of hydrogen-bond acceptors (Lipinski definition) is 4. The van der Waals surface area contributed by atoms with Gasteiger partial charge in [0, 0.05) is 16.1 Å². The van der Waals surface area contributed by atoms with E-state index >= 15 is 0 Å². The number of rotatable bonds is 6. The van der Waals surface area contributed by atoms with Gasteiger partial charge >= 0.3 is 5.97 Å². The third-order valence-corrected chi connectivity index (χ3v) is 4.24. The predicted octanol–water partition coefficient (Wildman–Crippen LogP) is 5.46. The molecule has 5 heteroatoms. The van der Waals surface area contributed by atoms with Crippen LogP contribution in [0.15, 0.2) is 78.9 Å². The number of halogens is 1. The minimum atomic E-state index is -0.493. The van der Waals surface area contributed by atoms with Crippen LogP contribution in [-0.2, 0) is 0 Å². The van der Waals surface area contributed by atoms with Crippen LogP contribution < -0.4 is 9.47 Å². The Bertz CT molecular complexity index is 1010. The number of allylic oxidation sites excluding steroid dienone is 1. The monoisotopic (exact) mass is 392 g/mol. The Balaban J connectivity index is 1.75. The van der Waals surface area contributed by atoms with Crippen molar-refractivity contribution in [1.82, 2.24) is 0 Å². The fourth-order valence-electron chi connectivity index (χ4n) is 2.47. The summed E-state index contributed by atoms with van der Waals surface area (Å²) in [6.07, 6.45) is 3.05. The summed E-state index contributed by atoms with van der Waals surface area (Å²) in [4.78, 5) is 24.7. The zero-order valence-corrected chi connectivity index (χ0v) is 15.8. The number of carbonyl (C=O) groups excluding carboxylic acids is 2. The van der Waals surface area contributed by atoms with Gasteiger partial charge in [-0.15, -0.1) is 0 Å². The van der Waals surface area contributed by atoms with Gasteiger partial charge in [0.25, 0.3) is 0 Å². The molecule has 0 aromatic heterocycles. The SMILES string of the molecule is COc1ccc(C(=O)Oc2ccccc2/C=C/C(=O)c2ccc(Cl)cc2)cc1. The van der Waals surface area contributed by atoms with Crippen molar-refractivity contribution in [3.63, 3.8) is 0 Å². The average molecular weight is 393 g/mol. The minimum Gasteiger partial charge on any atom is -0.497 e. The molecule has 3 rings (SSSR count). The summed E-state index contributed by atoms with van der Waals surface area (Å²) in [5, 5.41) is 0.566. The highest BCUT2D eigenvalue weighted by Crippen LogP contribution is 2.22. The van der Waals surface area contributed by atoms with E-state index in [-0.39, 0.29) is 5.78 Å². The number of benzene rings is 3. The molecule has 0 fully saturated rings. The standard InChI is InChI=1S/C23H17ClO4/c1-27-20-13-8-18(9-14-20)23(26)28-22-5-3-2-4-17(22)10-15-21(25)16-6-11-19(24)12-7-16/h2-15H,1H3/b15-10+. The first-order chi connectivity index (χ1) is 13.6. The van der Waals surface area contributed by atoms with Crippen molar-refractivity contribution in [1.29, 1.82) is 0 Å². The maximum Gasteiger partial charge on any atom is 0.343 e. The van der Waals surface area contributed by atoms with Crippen molar-refractivity contribution in [2.45, 2.75) is 0 Å². The Morgan fingerprint density at radius 2 is 1.50 bits per heavy atom. The molecule has 0 saturated carbocycles. The van der Waals surface area contributed by atoms with E-state index in [1.54, 1.807) is 86.0 Å². The Morgan fingerprint density at radius 3 is 2.18 bits per heavy atom. The number of carbonyl (C=O) groups is 2. The molecule has 0 heterocycles. The molecule has 0 unspecified atom stereocenters. The topological polar surface area (TPSA) is 52.6 Å². The van der Waals surface area contributed by atoms with Crippen LogP contribution >= 0.6 is 11.6 Å². The van der Waals surface area contributed by atoms with E-state index in [9.17, 15) is 9.59 Å². The van der Waals surface area contributed by atoms with Gasteiger partial charge in [0.1, 0.15) is 11.5 Å². The summed E-state index contributed by atoms with van der Waals surface area (Å²) >= 11 is 5.84. The van der Waals surface area contributed by atoms with Crippen molar-refractivity contribution >= 4 is 29.4 Å². The second-order valence-electron chi connectivity index (χ2n) is 5.86. The highest BCUT2D eigenvalue weighted by molar-refractivity contribution is 6.30. The molecular formula is C23H17ClO4. The predicted molar refractivity (Wildman–Crippen MR) is 109 cm³/mol. The maximum absolute atomic E-state index is 12.4. The van der Waals surface area contributed by atoms with Crippen LogP contribution in [0.3, 0.4) is 0 Å². The lowest BCUT2D eigenvalue weighted by molar-refractivity contribution is 0.0734. The van der Waals surface area contributed by atoms with Gasteiger partial charge in [-0.05, 0) is 66.7 Å². The van der Waals surface area contributed by atoms with Gasteiger partial charge in [-0.2, -0.15) is 0 Å². The molecule has 3 aromatic rings. The Morgan fingerprint density at radius 1 is 0.857 bits per heavy atom. The van der Waals surface area contributed by atoms with E-state index in [1.807, 2.05) is 0 Å². The quantitative estimate of drug-likeness (QED) is 0.242. The van der Waals surface area contributed by atoms with Crippen molar-refractivity contribution in [3.8, 4) is 11.5 Å². The highest BCUT2D eigenvalue weighted by Gasteiger charge is 2.11. The molecule has 0 radical (unpaired) electrons. The minimum absolute atomic E-state index is 0.173. The van der Waals surface area contributed by atoms with E-state index in [2.05, 4.69) is 0 Å². The zero-order chi connectivity index (χ0) is 19.9. The Kier molecular flexibility index (Phi) is 6.25. The number of methoxy groups -OCH3 is 1. The third kappa shape index (κ3) is 4.87. The van der Waals surface area contributed by atoms with E-state index < -0.39 is 5.97 Å². The molecular weight excluding hydrogens is 376 g/mol. The van der Waals surface area contributed by atoms with E-state index in [4.69, 9.17) is 21.1 Å². The summed E-state index contributed by atoms with van der Waals surface area (Å²) < 4.78 is 10.6. The molecule has 0 N–H and O–H groups in total. The number of para-hydroxylation sites is 1. The summed E-state index contributed by atoms with van der Waals surface area (Å²) in [5.41, 5.74) is 1.54. The van der Waals surface area contributed by atoms with Crippen LogP contribution in [0.5, 0.6) is 11.5 Å². The van der Waals surface area contributed by atoms with Gasteiger partial charge in [-0.25, -0.2) is 4.79 Å². The van der Waals surface area contributed by atoms with Crippen molar-refractivity contribution < 1.29 is 19.1 Å². The first-order valence-electron chi connectivity index (χ1n) is 8.50. The molecule has 4 nitrogen and oxygen atoms in total. The molecule has 0 amide bonds. The summed E-state index contributed by atoms with van der Waals surface area (Å²) in [5.74, 6) is 0.351. The fraction of sp³-hybridized carbons (Fsp3) is 0.0435. The second-order valence-corrected chi connectivity index (χ2v) is 6.30. The summed E-state index contributed by atoms with van der Waals surface area (Å²) in [6, 6.07) is 20.3. The smallest absolute Gasteiger partial charge is 0.343 e. The molecule has 0 saturated heterocycles. The summed E-state index contributed by atoms with van der Waals surface area (Å²) in [7, 11) is 1.56. The fourth-order valence-corrected chi connectivity index (χ4v) is 2.60. The Labute approximate surface area is 168 Å². The van der Waals surface area contributed by atoms with Gasteiger partial charge in [-0.1, -0.05) is 29.8 Å². The van der Waals surface area contributed by atoms with Gasteiger partial charge < -0.3 is 9.47 Å². The molecule has 0 bridgehead atoms. The molecule has 140 valence electrons. The van der Waals surface area contributed by atoms with Gasteiger partial charge in [0.2, 0.25) is 0 Å². The second kappa shape index (κ2) is 9.02. The summed E-state index contributed by atoms with van der Waals surface area (Å²) in [6.45, 7) is 0. The first kappa shape index (κ1) is 19.4. The van der Waals surface area contributed by atoms with Gasteiger partial charge in [0.05, 0.1) is 12.7 Å². The Hall–Kier alpha value is -3.37. The highest BCUT2D eigenvalue weighted by atomic mass is 35.5. The lowest BCUT2D eigenvalue weighted by Gasteiger charge is -2.08. The van der Waals surface area contributed by atoms with E-state index in [0.29, 0.717) is 33.2 Å². The van der Waals surface area contributed by atoms with Crippen molar-refractivity contribution in [2.75, 3.05) is 7.11 Å². The van der Waals surface area contributed by atoms with E-state index in [1.165, 1.54) is 6.08 Å². The van der Waals surface area contributed by atoms with Crippen LogP contribution in [0.2, 0.25) is 5.02 Å². The molecule has 0 spiro atoms. The molecule has 0 aliphatic heterocycles. The van der Waals surface area contributed by atoms with E-state index in [0.717, 1.165) is 0 Å². The maximum atomic E-state index is 12.4. The number of ketones is 1. The molecule has 0 aliphatic carbocycles. The normalized spacial score (nSPS) is 10.6. The van der Waals surface area contributed by atoms with Crippen molar-refractivity contribution in [3.05, 3.63) is 101 Å². The van der Waals surface area contributed by atoms with Crippen LogP contribution in [0.25, 0.3) is 6.08 Å². The number of esters is 1.